The van der Waals surface area contributed by atoms with Crippen molar-refractivity contribution in [3.8, 4) is 6.07 Å². The van der Waals surface area contributed by atoms with E-state index in [9.17, 15) is 4.79 Å². The molecule has 3 nitrogen and oxygen atoms in total. The first-order chi connectivity index (χ1) is 7.65. The Balaban J connectivity index is 2.59. The molecule has 0 fully saturated rings. The minimum Gasteiger partial charge on any atom is -0.298 e. The third-order valence-corrected chi connectivity index (χ3v) is 2.35. The Hall–Kier alpha value is -1.66. The van der Waals surface area contributed by atoms with Gasteiger partial charge >= 0.3 is 0 Å². The lowest BCUT2D eigenvalue weighted by atomic mass is 10.1. The molecule has 0 aliphatic carbocycles. The van der Waals surface area contributed by atoms with E-state index in [1.54, 1.807) is 6.07 Å². The standard InChI is InChI=1S/C13H16N2O/c1-3-13(16)10-15(2)9-12-6-4-5-11(7-12)8-14/h4-7H,3,9-10H2,1-2H3. The largest absolute Gasteiger partial charge is 0.298 e. The van der Waals surface area contributed by atoms with Crippen molar-refractivity contribution < 1.29 is 4.79 Å². The minimum atomic E-state index is 0.235. The molecular weight excluding hydrogens is 200 g/mol. The van der Waals surface area contributed by atoms with Crippen molar-refractivity contribution in [2.75, 3.05) is 13.6 Å². The Kier molecular flexibility index (Phi) is 4.68. The highest BCUT2D eigenvalue weighted by Crippen LogP contribution is 2.06. The highest BCUT2D eigenvalue weighted by Gasteiger charge is 2.05. The van der Waals surface area contributed by atoms with E-state index in [-0.39, 0.29) is 5.78 Å². The summed E-state index contributed by atoms with van der Waals surface area (Å²) < 4.78 is 0. The van der Waals surface area contributed by atoms with Crippen LogP contribution in [0.3, 0.4) is 0 Å². The summed E-state index contributed by atoms with van der Waals surface area (Å²) in [6, 6.07) is 9.57. The van der Waals surface area contributed by atoms with Crippen molar-refractivity contribution in [3.05, 3.63) is 35.4 Å². The molecule has 84 valence electrons. The van der Waals surface area contributed by atoms with Crippen LogP contribution in [0.25, 0.3) is 0 Å². The topological polar surface area (TPSA) is 44.1 Å². The van der Waals surface area contributed by atoms with E-state index in [0.29, 0.717) is 25.1 Å². The van der Waals surface area contributed by atoms with E-state index < -0.39 is 0 Å². The van der Waals surface area contributed by atoms with Crippen molar-refractivity contribution in [2.45, 2.75) is 19.9 Å². The zero-order valence-corrected chi connectivity index (χ0v) is 9.73. The summed E-state index contributed by atoms with van der Waals surface area (Å²) in [6.07, 6.45) is 0.572. The molecule has 0 aliphatic heterocycles. The molecule has 0 saturated carbocycles. The maximum Gasteiger partial charge on any atom is 0.146 e. The van der Waals surface area contributed by atoms with E-state index in [1.165, 1.54) is 0 Å². The molecule has 1 rings (SSSR count). The molecular formula is C13H16N2O. The Morgan fingerprint density at radius 3 is 2.88 bits per heavy atom. The number of likely N-dealkylation sites (N-methyl/N-ethyl adjacent to an activating group) is 1. The highest BCUT2D eigenvalue weighted by molar-refractivity contribution is 5.80. The lowest BCUT2D eigenvalue weighted by Gasteiger charge is -2.15. The van der Waals surface area contributed by atoms with Crippen LogP contribution in [0.5, 0.6) is 0 Å². The van der Waals surface area contributed by atoms with E-state index in [0.717, 1.165) is 5.56 Å². The van der Waals surface area contributed by atoms with Gasteiger partial charge < -0.3 is 0 Å². The molecule has 0 aliphatic rings. The van der Waals surface area contributed by atoms with Crippen molar-refractivity contribution >= 4 is 5.78 Å². The number of Topliss-reactive ketones (excluding diaryl/α,β-unsaturated/α-hetero) is 1. The number of carbonyl (C=O) groups is 1. The highest BCUT2D eigenvalue weighted by atomic mass is 16.1. The third-order valence-electron chi connectivity index (χ3n) is 2.35. The molecule has 0 unspecified atom stereocenters. The van der Waals surface area contributed by atoms with Crippen LogP contribution in [0, 0.1) is 11.3 Å². The molecule has 16 heavy (non-hydrogen) atoms. The average Bonchev–Trinajstić information content (AvgIpc) is 2.28. The predicted octanol–water partition coefficient (Wildman–Crippen LogP) is 1.97. The van der Waals surface area contributed by atoms with Crippen molar-refractivity contribution in [3.63, 3.8) is 0 Å². The normalized spacial score (nSPS) is 10.1. The smallest absolute Gasteiger partial charge is 0.146 e. The van der Waals surface area contributed by atoms with Gasteiger partial charge in [0, 0.05) is 13.0 Å². The first-order valence-electron chi connectivity index (χ1n) is 5.35. The average molecular weight is 216 g/mol. The first-order valence-corrected chi connectivity index (χ1v) is 5.35. The molecule has 0 heterocycles. The van der Waals surface area contributed by atoms with E-state index >= 15 is 0 Å². The number of benzene rings is 1. The monoisotopic (exact) mass is 216 g/mol. The van der Waals surface area contributed by atoms with Crippen molar-refractivity contribution in [2.24, 2.45) is 0 Å². The van der Waals surface area contributed by atoms with Crippen LogP contribution >= 0.6 is 0 Å². The summed E-state index contributed by atoms with van der Waals surface area (Å²) in [4.78, 5) is 13.2. The summed E-state index contributed by atoms with van der Waals surface area (Å²) >= 11 is 0. The molecule has 1 aromatic rings. The van der Waals surface area contributed by atoms with Crippen molar-refractivity contribution in [1.82, 2.24) is 4.90 Å². The molecule has 3 heteroatoms. The van der Waals surface area contributed by atoms with Gasteiger partial charge in [-0.15, -0.1) is 0 Å². The van der Waals surface area contributed by atoms with E-state index in [2.05, 4.69) is 6.07 Å². The molecule has 0 bridgehead atoms. The maximum atomic E-state index is 11.2. The van der Waals surface area contributed by atoms with E-state index in [4.69, 9.17) is 5.26 Å². The van der Waals surface area contributed by atoms with Gasteiger partial charge in [0.2, 0.25) is 0 Å². The van der Waals surface area contributed by atoms with Crippen LogP contribution in [-0.4, -0.2) is 24.3 Å². The quantitative estimate of drug-likeness (QED) is 0.755. The number of hydrogen-bond acceptors (Lipinski definition) is 3. The minimum absolute atomic E-state index is 0.235. The van der Waals surface area contributed by atoms with Gasteiger partial charge in [0.25, 0.3) is 0 Å². The molecule has 0 saturated heterocycles. The number of carbonyl (C=O) groups excluding carboxylic acids is 1. The molecule has 1 aromatic carbocycles. The Labute approximate surface area is 96.3 Å². The first kappa shape index (κ1) is 12.4. The Morgan fingerprint density at radius 1 is 1.50 bits per heavy atom. The molecule has 0 N–H and O–H groups in total. The van der Waals surface area contributed by atoms with Crippen LogP contribution in [0.15, 0.2) is 24.3 Å². The number of nitriles is 1. The SMILES string of the molecule is CCC(=O)CN(C)Cc1cccc(C#N)c1. The summed E-state index contributed by atoms with van der Waals surface area (Å²) in [5.41, 5.74) is 1.72. The third kappa shape index (κ3) is 3.84. The van der Waals surface area contributed by atoms with Gasteiger partial charge in [-0.3, -0.25) is 9.69 Å². The lowest BCUT2D eigenvalue weighted by Crippen LogP contribution is -2.25. The van der Waals surface area contributed by atoms with Gasteiger partial charge in [-0.2, -0.15) is 5.26 Å². The zero-order valence-electron chi connectivity index (χ0n) is 9.73. The van der Waals surface area contributed by atoms with Crippen molar-refractivity contribution in [1.29, 1.82) is 5.26 Å². The van der Waals surface area contributed by atoms with E-state index in [1.807, 2.05) is 37.1 Å². The lowest BCUT2D eigenvalue weighted by molar-refractivity contribution is -0.119. The fourth-order valence-corrected chi connectivity index (χ4v) is 1.52. The van der Waals surface area contributed by atoms with Crippen LogP contribution in [0.1, 0.15) is 24.5 Å². The second-order valence-corrected chi connectivity index (χ2v) is 3.88. The van der Waals surface area contributed by atoms with Crippen LogP contribution in [-0.2, 0) is 11.3 Å². The second kappa shape index (κ2) is 6.04. The molecule has 0 aromatic heterocycles. The summed E-state index contributed by atoms with van der Waals surface area (Å²) in [6.45, 7) is 3.03. The molecule has 0 spiro atoms. The molecule has 0 atom stereocenters. The van der Waals surface area contributed by atoms with Crippen LogP contribution in [0.2, 0.25) is 0 Å². The fraction of sp³-hybridized carbons (Fsp3) is 0.385. The second-order valence-electron chi connectivity index (χ2n) is 3.88. The van der Waals surface area contributed by atoms with Gasteiger partial charge in [-0.05, 0) is 24.7 Å². The zero-order chi connectivity index (χ0) is 12.0. The van der Waals surface area contributed by atoms with Gasteiger partial charge in [0.1, 0.15) is 5.78 Å². The van der Waals surface area contributed by atoms with Crippen LogP contribution < -0.4 is 0 Å². The Morgan fingerprint density at radius 2 is 2.25 bits per heavy atom. The van der Waals surface area contributed by atoms with Gasteiger partial charge in [0.15, 0.2) is 0 Å². The number of hydrogen-bond donors (Lipinski definition) is 0. The summed E-state index contributed by atoms with van der Waals surface area (Å²) in [5.74, 6) is 0.235. The summed E-state index contributed by atoms with van der Waals surface area (Å²) in [7, 11) is 1.91. The fourth-order valence-electron chi connectivity index (χ4n) is 1.52. The molecule has 0 amide bonds. The maximum absolute atomic E-state index is 11.2. The summed E-state index contributed by atoms with van der Waals surface area (Å²) in [5, 5.41) is 8.76. The number of nitrogens with zero attached hydrogens (tertiary/aromatic N) is 2. The van der Waals surface area contributed by atoms with Crippen LogP contribution in [0.4, 0.5) is 0 Å². The Bertz CT molecular complexity index is 407. The number of ketones is 1. The van der Waals surface area contributed by atoms with Gasteiger partial charge in [0.05, 0.1) is 18.2 Å². The van der Waals surface area contributed by atoms with Gasteiger partial charge in [-0.25, -0.2) is 0 Å². The number of rotatable bonds is 5. The van der Waals surface area contributed by atoms with Gasteiger partial charge in [-0.1, -0.05) is 19.1 Å². The predicted molar refractivity (Wildman–Crippen MR) is 62.8 cm³/mol. The molecule has 0 radical (unpaired) electrons.